The maximum absolute atomic E-state index is 12.0. The molecule has 0 radical (unpaired) electrons. The van der Waals surface area contributed by atoms with Gasteiger partial charge >= 0.3 is 6.18 Å². The lowest BCUT2D eigenvalue weighted by Crippen LogP contribution is -2.33. The Bertz CT molecular complexity index is 171. The van der Waals surface area contributed by atoms with E-state index in [0.717, 1.165) is 6.42 Å². The molecule has 0 fully saturated rings. The quantitative estimate of drug-likeness (QED) is 0.546. The Hall–Kier alpha value is -0.510. The summed E-state index contributed by atoms with van der Waals surface area (Å²) in [6.45, 7) is 0. The van der Waals surface area contributed by atoms with Gasteiger partial charge in [0.1, 0.15) is 0 Å². The summed E-state index contributed by atoms with van der Waals surface area (Å²) >= 11 is 0. The van der Waals surface area contributed by atoms with E-state index >= 15 is 0 Å². The summed E-state index contributed by atoms with van der Waals surface area (Å²) in [5.74, 6) is 0. The van der Waals surface area contributed by atoms with Gasteiger partial charge in [0.25, 0.3) is 0 Å². The second-order valence-electron chi connectivity index (χ2n) is 2.69. The number of halogens is 3. The van der Waals surface area contributed by atoms with Crippen molar-refractivity contribution in [3.63, 3.8) is 0 Å². The third kappa shape index (κ3) is 1.96. The van der Waals surface area contributed by atoms with Crippen LogP contribution in [0.4, 0.5) is 13.2 Å². The minimum Gasteiger partial charge on any atom is -0.324 e. The van der Waals surface area contributed by atoms with Gasteiger partial charge in [0.2, 0.25) is 0 Å². The van der Waals surface area contributed by atoms with Crippen molar-refractivity contribution in [3.8, 4) is 0 Å². The highest BCUT2D eigenvalue weighted by Gasteiger charge is 2.37. The van der Waals surface area contributed by atoms with E-state index in [1.807, 2.05) is 0 Å². The van der Waals surface area contributed by atoms with Crippen molar-refractivity contribution in [3.05, 3.63) is 11.6 Å². The maximum atomic E-state index is 12.0. The summed E-state index contributed by atoms with van der Waals surface area (Å²) in [7, 11) is 0. The normalized spacial score (nSPS) is 26.5. The van der Waals surface area contributed by atoms with E-state index in [4.69, 9.17) is 5.73 Å². The molecule has 1 nitrogen and oxygen atoms in total. The van der Waals surface area contributed by atoms with Crippen molar-refractivity contribution in [1.29, 1.82) is 0 Å². The van der Waals surface area contributed by atoms with Gasteiger partial charge in [-0.05, 0) is 19.3 Å². The summed E-state index contributed by atoms with van der Waals surface area (Å²) in [4.78, 5) is 0. The molecular weight excluding hydrogens is 155 g/mol. The fourth-order valence-corrected chi connectivity index (χ4v) is 1.23. The van der Waals surface area contributed by atoms with E-state index < -0.39 is 17.8 Å². The van der Waals surface area contributed by atoms with Gasteiger partial charge in [-0.3, -0.25) is 0 Å². The molecule has 0 aliphatic heterocycles. The fourth-order valence-electron chi connectivity index (χ4n) is 1.23. The van der Waals surface area contributed by atoms with E-state index in [2.05, 4.69) is 0 Å². The molecule has 11 heavy (non-hydrogen) atoms. The number of nitrogens with two attached hydrogens (primary N) is 1. The molecule has 0 aromatic carbocycles. The maximum Gasteiger partial charge on any atom is 0.413 e. The largest absolute Gasteiger partial charge is 0.413 e. The Morgan fingerprint density at radius 1 is 1.45 bits per heavy atom. The smallest absolute Gasteiger partial charge is 0.324 e. The van der Waals surface area contributed by atoms with Crippen LogP contribution >= 0.6 is 0 Å². The average molecular weight is 165 g/mol. The first-order valence-electron chi connectivity index (χ1n) is 3.54. The second-order valence-corrected chi connectivity index (χ2v) is 2.69. The van der Waals surface area contributed by atoms with Crippen LogP contribution in [0.2, 0.25) is 0 Å². The molecule has 64 valence electrons. The van der Waals surface area contributed by atoms with Crippen molar-refractivity contribution in [2.75, 3.05) is 0 Å². The van der Waals surface area contributed by atoms with Crippen molar-refractivity contribution in [2.24, 2.45) is 5.73 Å². The van der Waals surface area contributed by atoms with E-state index in [0.29, 0.717) is 12.8 Å². The van der Waals surface area contributed by atoms with Gasteiger partial charge in [-0.25, -0.2) is 0 Å². The molecule has 1 rings (SSSR count). The summed E-state index contributed by atoms with van der Waals surface area (Å²) < 4.78 is 36.1. The molecule has 0 saturated carbocycles. The highest BCUT2D eigenvalue weighted by molar-refractivity contribution is 5.18. The summed E-state index contributed by atoms with van der Waals surface area (Å²) in [5.41, 5.74) is 4.72. The van der Waals surface area contributed by atoms with Crippen LogP contribution in [-0.2, 0) is 0 Å². The summed E-state index contributed by atoms with van der Waals surface area (Å²) in [6.07, 6.45) is -1.30. The van der Waals surface area contributed by atoms with Crippen LogP contribution in [0, 0.1) is 0 Å². The minimum absolute atomic E-state index is 0.450. The summed E-state index contributed by atoms with van der Waals surface area (Å²) in [6, 6.07) is -0.802. The lowest BCUT2D eigenvalue weighted by Gasteiger charge is -2.22. The lowest BCUT2D eigenvalue weighted by atomic mass is 9.94. The molecule has 0 bridgehead atoms. The second kappa shape index (κ2) is 2.85. The van der Waals surface area contributed by atoms with Crippen LogP contribution in [0.1, 0.15) is 19.3 Å². The van der Waals surface area contributed by atoms with Crippen molar-refractivity contribution < 1.29 is 13.2 Å². The number of allylic oxidation sites excluding steroid dienone is 1. The predicted molar refractivity (Wildman–Crippen MR) is 36.0 cm³/mol. The number of rotatable bonds is 0. The third-order valence-corrected chi connectivity index (χ3v) is 1.81. The van der Waals surface area contributed by atoms with Gasteiger partial charge < -0.3 is 5.73 Å². The molecule has 0 heterocycles. The molecule has 0 aromatic heterocycles. The van der Waals surface area contributed by atoms with Crippen LogP contribution in [-0.4, -0.2) is 12.2 Å². The highest BCUT2D eigenvalue weighted by Crippen LogP contribution is 2.32. The Morgan fingerprint density at radius 3 is 2.45 bits per heavy atom. The van der Waals surface area contributed by atoms with Crippen LogP contribution < -0.4 is 5.73 Å². The molecule has 2 N–H and O–H groups in total. The molecular formula is C7H10F3N. The SMILES string of the molecule is NC1CCCC=C1C(F)(F)F. The molecule has 1 atom stereocenters. The van der Waals surface area contributed by atoms with Gasteiger partial charge in [0.05, 0.1) is 0 Å². The van der Waals surface area contributed by atoms with E-state index in [1.165, 1.54) is 6.08 Å². The van der Waals surface area contributed by atoms with Gasteiger partial charge in [0, 0.05) is 11.6 Å². The molecule has 4 heteroatoms. The molecule has 0 amide bonds. The number of alkyl halides is 3. The third-order valence-electron chi connectivity index (χ3n) is 1.81. The zero-order valence-electron chi connectivity index (χ0n) is 5.99. The van der Waals surface area contributed by atoms with E-state index in [9.17, 15) is 13.2 Å². The Morgan fingerprint density at radius 2 is 2.09 bits per heavy atom. The average Bonchev–Trinajstić information content (AvgIpc) is 1.86. The lowest BCUT2D eigenvalue weighted by molar-refractivity contribution is -0.0967. The molecule has 1 aliphatic rings. The topological polar surface area (TPSA) is 26.0 Å². The van der Waals surface area contributed by atoms with Gasteiger partial charge in [0.15, 0.2) is 0 Å². The first kappa shape index (κ1) is 8.59. The van der Waals surface area contributed by atoms with Crippen LogP contribution in [0.3, 0.4) is 0 Å². The van der Waals surface area contributed by atoms with Crippen LogP contribution in [0.15, 0.2) is 11.6 Å². The zero-order chi connectivity index (χ0) is 8.48. The monoisotopic (exact) mass is 165 g/mol. The Balaban J connectivity index is 2.76. The van der Waals surface area contributed by atoms with Crippen molar-refractivity contribution in [2.45, 2.75) is 31.5 Å². The van der Waals surface area contributed by atoms with E-state index in [1.54, 1.807) is 0 Å². The fraction of sp³-hybridized carbons (Fsp3) is 0.714. The number of hydrogen-bond acceptors (Lipinski definition) is 1. The Labute approximate surface area is 63.1 Å². The first-order valence-corrected chi connectivity index (χ1v) is 3.54. The van der Waals surface area contributed by atoms with Gasteiger partial charge in [-0.2, -0.15) is 13.2 Å². The number of hydrogen-bond donors (Lipinski definition) is 1. The standard InChI is InChI=1S/C7H10F3N/c8-7(9,10)5-3-1-2-4-6(5)11/h3,6H,1-2,4,11H2. The zero-order valence-corrected chi connectivity index (χ0v) is 5.99. The summed E-state index contributed by atoms with van der Waals surface area (Å²) in [5, 5.41) is 0. The van der Waals surface area contributed by atoms with Crippen LogP contribution in [0.5, 0.6) is 0 Å². The molecule has 1 aliphatic carbocycles. The first-order chi connectivity index (χ1) is 5.02. The van der Waals surface area contributed by atoms with Gasteiger partial charge in [-0.1, -0.05) is 6.08 Å². The highest BCUT2D eigenvalue weighted by atomic mass is 19.4. The van der Waals surface area contributed by atoms with Crippen molar-refractivity contribution >= 4 is 0 Å². The molecule has 0 aromatic rings. The molecule has 1 unspecified atom stereocenters. The van der Waals surface area contributed by atoms with Crippen molar-refractivity contribution in [1.82, 2.24) is 0 Å². The Kier molecular flexibility index (Phi) is 2.23. The van der Waals surface area contributed by atoms with Gasteiger partial charge in [-0.15, -0.1) is 0 Å². The van der Waals surface area contributed by atoms with Crippen LogP contribution in [0.25, 0.3) is 0 Å². The predicted octanol–water partition coefficient (Wildman–Crippen LogP) is 1.99. The molecule has 0 spiro atoms. The molecule has 0 saturated heterocycles. The van der Waals surface area contributed by atoms with E-state index in [-0.39, 0.29) is 0 Å². The minimum atomic E-state index is -4.22.